The van der Waals surface area contributed by atoms with Gasteiger partial charge in [-0.1, -0.05) is 35.9 Å². The molecule has 2 heterocycles. The lowest BCUT2D eigenvalue weighted by Gasteiger charge is -2.19. The summed E-state index contributed by atoms with van der Waals surface area (Å²) in [5.41, 5.74) is 1.54. The Morgan fingerprint density at radius 2 is 1.71 bits per heavy atom. The number of alkyl halides is 3. The lowest BCUT2D eigenvalue weighted by molar-refractivity contribution is -0.274. The molecule has 1 unspecified atom stereocenters. The van der Waals surface area contributed by atoms with Crippen LogP contribution in [0, 0.1) is 12.8 Å². The number of ether oxygens (including phenoxy) is 2. The van der Waals surface area contributed by atoms with Crippen molar-refractivity contribution in [3.8, 4) is 11.5 Å². The van der Waals surface area contributed by atoms with Gasteiger partial charge in [0.1, 0.15) is 17.3 Å². The molecule has 1 aliphatic rings. The summed E-state index contributed by atoms with van der Waals surface area (Å²) in [6.45, 7) is 1.98. The summed E-state index contributed by atoms with van der Waals surface area (Å²) in [7, 11) is 2.92. The molecule has 0 fully saturated rings. The van der Waals surface area contributed by atoms with Crippen LogP contribution in [0.3, 0.4) is 0 Å². The first-order valence-corrected chi connectivity index (χ1v) is 11.0. The van der Waals surface area contributed by atoms with Crippen molar-refractivity contribution in [3.63, 3.8) is 0 Å². The lowest BCUT2D eigenvalue weighted by atomic mass is 9.93. The Bertz CT molecular complexity index is 1390. The fourth-order valence-corrected chi connectivity index (χ4v) is 4.06. The fraction of sp³-hybridized carbons (Fsp3) is 0.320. The third-order valence-electron chi connectivity index (χ3n) is 5.90. The molecule has 0 spiro atoms. The first-order chi connectivity index (χ1) is 16.5. The number of fused-ring (bicyclic) bond motifs is 1. The summed E-state index contributed by atoms with van der Waals surface area (Å²) in [5.74, 6) is -0.242. The molecular formula is C25H24F3N3O4. The summed E-state index contributed by atoms with van der Waals surface area (Å²) in [5, 5.41) is 0. The molecule has 0 saturated carbocycles. The Balaban J connectivity index is 1.77. The van der Waals surface area contributed by atoms with Crippen LogP contribution in [-0.2, 0) is 26.9 Å². The monoisotopic (exact) mass is 487 g/mol. The number of hydrogen-bond donors (Lipinski definition) is 0. The summed E-state index contributed by atoms with van der Waals surface area (Å²) in [6, 6.07) is 13.1. The molecule has 1 atom stereocenters. The number of rotatable bonds is 4. The molecule has 0 bridgehead atoms. The molecule has 2 aromatic carbocycles. The van der Waals surface area contributed by atoms with Crippen LogP contribution in [0.4, 0.5) is 19.0 Å². The topological polar surface area (TPSA) is 74.8 Å². The molecule has 0 saturated heterocycles. The van der Waals surface area contributed by atoms with E-state index in [2.05, 4.69) is 9.73 Å². The Labute approximate surface area is 199 Å². The van der Waals surface area contributed by atoms with Gasteiger partial charge in [0.05, 0.1) is 5.56 Å². The van der Waals surface area contributed by atoms with Crippen LogP contribution in [0.2, 0.25) is 0 Å². The van der Waals surface area contributed by atoms with Crippen LogP contribution < -0.4 is 20.7 Å². The van der Waals surface area contributed by atoms with Crippen molar-refractivity contribution in [2.24, 2.45) is 25.0 Å². The highest BCUT2D eigenvalue weighted by atomic mass is 19.4. The zero-order valence-electron chi connectivity index (χ0n) is 19.4. The van der Waals surface area contributed by atoms with Crippen molar-refractivity contribution in [1.29, 1.82) is 0 Å². The molecule has 7 nitrogen and oxygen atoms in total. The highest BCUT2D eigenvalue weighted by Crippen LogP contribution is 2.30. The van der Waals surface area contributed by atoms with Gasteiger partial charge in [0, 0.05) is 26.1 Å². The van der Waals surface area contributed by atoms with Crippen molar-refractivity contribution in [1.82, 2.24) is 9.13 Å². The van der Waals surface area contributed by atoms with Gasteiger partial charge in [-0.3, -0.25) is 13.9 Å². The van der Waals surface area contributed by atoms with E-state index in [0.29, 0.717) is 24.8 Å². The molecule has 3 aromatic rings. The van der Waals surface area contributed by atoms with Crippen molar-refractivity contribution < 1.29 is 22.6 Å². The van der Waals surface area contributed by atoms with E-state index in [4.69, 9.17) is 4.74 Å². The van der Waals surface area contributed by atoms with E-state index < -0.39 is 23.4 Å². The van der Waals surface area contributed by atoms with E-state index in [-0.39, 0.29) is 23.4 Å². The number of aromatic nitrogens is 2. The quantitative estimate of drug-likeness (QED) is 0.553. The largest absolute Gasteiger partial charge is 0.573 e. The maximum Gasteiger partial charge on any atom is 0.573 e. The standard InChI is InChI=1S/C25H24F3N3O4/c1-15-7-9-16(10-8-15)13-17-11-12-20-21(30(2)24(33)31(3)23(20)32)29-22(17)34-18-5-4-6-19(14-18)35-25(26,27)28/h4-10,14,17H,11-13H2,1-3H3. The van der Waals surface area contributed by atoms with Gasteiger partial charge in [0.15, 0.2) is 5.90 Å². The summed E-state index contributed by atoms with van der Waals surface area (Å²) in [6.07, 6.45) is -3.46. The SMILES string of the molecule is Cc1ccc(CC2CCc3c(n(C)c(=O)n(C)c3=O)N=C2Oc2cccc(OC(F)(F)F)c2)cc1. The van der Waals surface area contributed by atoms with Crippen LogP contribution in [-0.4, -0.2) is 21.4 Å². The van der Waals surface area contributed by atoms with Crippen LogP contribution in [0.5, 0.6) is 11.5 Å². The van der Waals surface area contributed by atoms with E-state index in [1.54, 1.807) is 0 Å². The third-order valence-corrected chi connectivity index (χ3v) is 5.90. The molecule has 10 heteroatoms. The number of halogens is 3. The molecule has 1 aliphatic heterocycles. The number of nitrogens with zero attached hydrogens (tertiary/aromatic N) is 3. The van der Waals surface area contributed by atoms with Gasteiger partial charge in [0.2, 0.25) is 0 Å². The molecule has 0 amide bonds. The predicted molar refractivity (Wildman–Crippen MR) is 124 cm³/mol. The molecule has 1 aromatic heterocycles. The van der Waals surface area contributed by atoms with Crippen molar-refractivity contribution in [2.45, 2.75) is 32.5 Å². The molecule has 4 rings (SSSR count). The first-order valence-electron chi connectivity index (χ1n) is 11.0. The predicted octanol–water partition coefficient (Wildman–Crippen LogP) is 4.21. The zero-order valence-corrected chi connectivity index (χ0v) is 19.4. The minimum atomic E-state index is -4.84. The van der Waals surface area contributed by atoms with Gasteiger partial charge >= 0.3 is 12.1 Å². The van der Waals surface area contributed by atoms with E-state index in [1.165, 1.54) is 36.9 Å². The highest BCUT2D eigenvalue weighted by Gasteiger charge is 2.31. The van der Waals surface area contributed by atoms with Gasteiger partial charge in [-0.15, -0.1) is 13.2 Å². The van der Waals surface area contributed by atoms with Gasteiger partial charge in [-0.05, 0) is 43.9 Å². The van der Waals surface area contributed by atoms with E-state index >= 15 is 0 Å². The fourth-order valence-electron chi connectivity index (χ4n) is 4.06. The number of benzene rings is 2. The number of hydrogen-bond acceptors (Lipinski definition) is 5. The van der Waals surface area contributed by atoms with Crippen LogP contribution >= 0.6 is 0 Å². The minimum absolute atomic E-state index is 0.0942. The van der Waals surface area contributed by atoms with Crippen LogP contribution in [0.25, 0.3) is 0 Å². The van der Waals surface area contributed by atoms with Gasteiger partial charge < -0.3 is 9.47 Å². The Hall–Kier alpha value is -3.82. The smallest absolute Gasteiger partial charge is 0.442 e. The van der Waals surface area contributed by atoms with E-state index in [1.807, 2.05) is 31.2 Å². The molecule has 184 valence electrons. The van der Waals surface area contributed by atoms with Crippen LogP contribution in [0.1, 0.15) is 23.1 Å². The average molecular weight is 487 g/mol. The minimum Gasteiger partial charge on any atom is -0.442 e. The Morgan fingerprint density at radius 1 is 1.03 bits per heavy atom. The highest BCUT2D eigenvalue weighted by molar-refractivity contribution is 5.84. The maximum absolute atomic E-state index is 12.8. The molecule has 35 heavy (non-hydrogen) atoms. The Morgan fingerprint density at radius 3 is 2.40 bits per heavy atom. The normalized spacial score (nSPS) is 15.7. The van der Waals surface area contributed by atoms with Gasteiger partial charge in [-0.2, -0.15) is 4.99 Å². The van der Waals surface area contributed by atoms with Gasteiger partial charge in [-0.25, -0.2) is 4.79 Å². The lowest BCUT2D eigenvalue weighted by Crippen LogP contribution is -2.38. The van der Waals surface area contributed by atoms with E-state index in [0.717, 1.165) is 21.8 Å². The summed E-state index contributed by atoms with van der Waals surface area (Å²) >= 11 is 0. The molecular weight excluding hydrogens is 463 g/mol. The van der Waals surface area contributed by atoms with E-state index in [9.17, 15) is 22.8 Å². The summed E-state index contributed by atoms with van der Waals surface area (Å²) < 4.78 is 50.4. The maximum atomic E-state index is 12.8. The Kier molecular flexibility index (Phi) is 6.56. The van der Waals surface area contributed by atoms with Gasteiger partial charge in [0.25, 0.3) is 5.56 Å². The molecule has 0 N–H and O–H groups in total. The van der Waals surface area contributed by atoms with Crippen LogP contribution in [0.15, 0.2) is 63.1 Å². The second-order valence-electron chi connectivity index (χ2n) is 8.51. The average Bonchev–Trinajstić information content (AvgIpc) is 2.97. The second kappa shape index (κ2) is 9.44. The zero-order chi connectivity index (χ0) is 25.3. The third kappa shape index (κ3) is 5.47. The van der Waals surface area contributed by atoms with Crippen molar-refractivity contribution in [3.05, 3.63) is 86.1 Å². The first kappa shape index (κ1) is 24.3. The summed E-state index contributed by atoms with van der Waals surface area (Å²) in [4.78, 5) is 29.9. The van der Waals surface area contributed by atoms with Crippen molar-refractivity contribution in [2.75, 3.05) is 0 Å². The molecule has 0 radical (unpaired) electrons. The molecule has 0 aliphatic carbocycles. The number of aryl methyl sites for hydroxylation is 1. The second-order valence-corrected chi connectivity index (χ2v) is 8.51. The number of aliphatic imine (C=N–C) groups is 1. The van der Waals surface area contributed by atoms with Crippen molar-refractivity contribution >= 4 is 11.7 Å².